The Labute approximate surface area is 159 Å². The molecule has 27 heavy (non-hydrogen) atoms. The molecule has 0 radical (unpaired) electrons. The second kappa shape index (κ2) is 8.26. The average molecular weight is 386 g/mol. The number of rotatable bonds is 8. The van der Waals surface area contributed by atoms with Crippen LogP contribution >= 0.6 is 0 Å². The Hall–Kier alpha value is -2.80. The number of nitrogens with zero attached hydrogens (tertiary/aromatic N) is 1. The van der Waals surface area contributed by atoms with Gasteiger partial charge in [-0.1, -0.05) is 18.2 Å². The Balaban J connectivity index is 1.52. The normalized spacial score (nSPS) is 11.5. The summed E-state index contributed by atoms with van der Waals surface area (Å²) in [5.41, 5.74) is 2.26. The van der Waals surface area contributed by atoms with Crippen molar-refractivity contribution < 1.29 is 17.6 Å². The van der Waals surface area contributed by atoms with Gasteiger partial charge in [-0.25, -0.2) is 13.4 Å². The van der Waals surface area contributed by atoms with Gasteiger partial charge in [-0.05, 0) is 50.2 Å². The highest BCUT2D eigenvalue weighted by atomic mass is 32.2. The van der Waals surface area contributed by atoms with Gasteiger partial charge < -0.3 is 9.15 Å². The van der Waals surface area contributed by atoms with Crippen molar-refractivity contribution in [1.82, 2.24) is 4.98 Å². The van der Waals surface area contributed by atoms with Crippen LogP contribution in [0.4, 0.5) is 5.69 Å². The third-order valence-electron chi connectivity index (χ3n) is 3.93. The van der Waals surface area contributed by atoms with Crippen LogP contribution in [0.1, 0.15) is 19.5 Å². The maximum Gasteiger partial charge on any atom is 0.235 e. The van der Waals surface area contributed by atoms with Crippen molar-refractivity contribution in [3.05, 3.63) is 66.6 Å². The highest BCUT2D eigenvalue weighted by Gasteiger charge is 2.15. The molecule has 1 heterocycles. The lowest BCUT2D eigenvalue weighted by atomic mass is 10.2. The summed E-state index contributed by atoms with van der Waals surface area (Å²) < 4.78 is 37.5. The Bertz CT molecular complexity index is 965. The van der Waals surface area contributed by atoms with Crippen LogP contribution in [0.15, 0.2) is 65.3 Å². The van der Waals surface area contributed by atoms with Crippen LogP contribution in [-0.4, -0.2) is 25.3 Å². The molecule has 0 saturated carbocycles. The third kappa shape index (κ3) is 5.10. The molecule has 3 rings (SSSR count). The van der Waals surface area contributed by atoms with Crippen molar-refractivity contribution in [2.45, 2.75) is 25.5 Å². The van der Waals surface area contributed by atoms with Crippen LogP contribution in [0.2, 0.25) is 0 Å². The Kier molecular flexibility index (Phi) is 5.81. The van der Waals surface area contributed by atoms with Crippen LogP contribution in [0.5, 0.6) is 5.75 Å². The SMILES string of the molecule is CC(C)S(=O)(=O)Nc1ccc(OCCc2coc(-c3ccccc3)n2)cc1. The molecule has 1 N–H and O–H groups in total. The summed E-state index contributed by atoms with van der Waals surface area (Å²) in [6.45, 7) is 3.71. The van der Waals surface area contributed by atoms with Gasteiger partial charge in [0.15, 0.2) is 0 Å². The predicted octanol–water partition coefficient (Wildman–Crippen LogP) is 4.11. The summed E-state index contributed by atoms with van der Waals surface area (Å²) in [7, 11) is -3.35. The summed E-state index contributed by atoms with van der Waals surface area (Å²) >= 11 is 0. The maximum atomic E-state index is 11.9. The molecule has 0 atom stereocenters. The van der Waals surface area contributed by atoms with E-state index in [2.05, 4.69) is 9.71 Å². The van der Waals surface area contributed by atoms with E-state index in [9.17, 15) is 8.42 Å². The number of anilines is 1. The Morgan fingerprint density at radius 3 is 2.44 bits per heavy atom. The minimum atomic E-state index is -3.35. The molecule has 0 saturated heterocycles. The topological polar surface area (TPSA) is 81.4 Å². The lowest BCUT2D eigenvalue weighted by molar-refractivity contribution is 0.320. The van der Waals surface area contributed by atoms with Gasteiger partial charge >= 0.3 is 0 Å². The van der Waals surface area contributed by atoms with E-state index in [0.717, 1.165) is 11.3 Å². The van der Waals surface area contributed by atoms with Gasteiger partial charge in [0.2, 0.25) is 15.9 Å². The summed E-state index contributed by atoms with van der Waals surface area (Å²) in [4.78, 5) is 4.46. The molecule has 7 heteroatoms. The number of hydrogen-bond donors (Lipinski definition) is 1. The molecule has 0 fully saturated rings. The molecule has 0 amide bonds. The second-order valence-electron chi connectivity index (χ2n) is 6.33. The monoisotopic (exact) mass is 386 g/mol. The zero-order valence-corrected chi connectivity index (χ0v) is 16.1. The van der Waals surface area contributed by atoms with E-state index in [4.69, 9.17) is 9.15 Å². The highest BCUT2D eigenvalue weighted by molar-refractivity contribution is 7.93. The molecule has 0 spiro atoms. The first-order valence-corrected chi connectivity index (χ1v) is 10.2. The third-order valence-corrected chi connectivity index (χ3v) is 5.70. The minimum absolute atomic E-state index is 0.442. The van der Waals surface area contributed by atoms with Crippen molar-refractivity contribution in [2.75, 3.05) is 11.3 Å². The Morgan fingerprint density at radius 1 is 1.07 bits per heavy atom. The maximum absolute atomic E-state index is 11.9. The van der Waals surface area contributed by atoms with Gasteiger partial charge in [0.05, 0.1) is 17.6 Å². The number of benzene rings is 2. The largest absolute Gasteiger partial charge is 0.493 e. The molecule has 0 unspecified atom stereocenters. The first-order valence-electron chi connectivity index (χ1n) is 8.68. The fourth-order valence-electron chi connectivity index (χ4n) is 2.31. The fourth-order valence-corrected chi connectivity index (χ4v) is 3.01. The molecule has 2 aromatic carbocycles. The van der Waals surface area contributed by atoms with E-state index >= 15 is 0 Å². The van der Waals surface area contributed by atoms with Crippen LogP contribution in [0.3, 0.4) is 0 Å². The summed E-state index contributed by atoms with van der Waals surface area (Å²) in [6, 6.07) is 16.5. The first kappa shape index (κ1) is 19.0. The number of hydrogen-bond acceptors (Lipinski definition) is 5. The lowest BCUT2D eigenvalue weighted by Gasteiger charge is -2.11. The van der Waals surface area contributed by atoms with Crippen molar-refractivity contribution in [3.63, 3.8) is 0 Å². The fraction of sp³-hybridized carbons (Fsp3) is 0.250. The van der Waals surface area contributed by atoms with Crippen molar-refractivity contribution in [1.29, 1.82) is 0 Å². The van der Waals surface area contributed by atoms with E-state index < -0.39 is 15.3 Å². The molecule has 1 aromatic heterocycles. The van der Waals surface area contributed by atoms with Gasteiger partial charge in [-0.3, -0.25) is 4.72 Å². The lowest BCUT2D eigenvalue weighted by Crippen LogP contribution is -2.22. The highest BCUT2D eigenvalue weighted by Crippen LogP contribution is 2.20. The molecule has 0 aliphatic heterocycles. The van der Waals surface area contributed by atoms with Crippen LogP contribution in [0.25, 0.3) is 11.5 Å². The van der Waals surface area contributed by atoms with Gasteiger partial charge in [-0.15, -0.1) is 0 Å². The number of oxazole rings is 1. The van der Waals surface area contributed by atoms with Crippen molar-refractivity contribution in [3.8, 4) is 17.2 Å². The smallest absolute Gasteiger partial charge is 0.235 e. The quantitative estimate of drug-likeness (QED) is 0.630. The molecular formula is C20H22N2O4S. The number of nitrogens with one attached hydrogen (secondary N) is 1. The minimum Gasteiger partial charge on any atom is -0.493 e. The summed E-state index contributed by atoms with van der Waals surface area (Å²) in [6.07, 6.45) is 2.24. The molecule has 3 aromatic rings. The van der Waals surface area contributed by atoms with Crippen LogP contribution < -0.4 is 9.46 Å². The Morgan fingerprint density at radius 2 is 1.78 bits per heavy atom. The molecule has 0 aliphatic carbocycles. The average Bonchev–Trinajstić information content (AvgIpc) is 3.12. The number of ether oxygens (including phenoxy) is 1. The van der Waals surface area contributed by atoms with E-state index in [1.54, 1.807) is 44.4 Å². The van der Waals surface area contributed by atoms with E-state index in [1.165, 1.54) is 0 Å². The molecule has 142 valence electrons. The van der Waals surface area contributed by atoms with Crippen molar-refractivity contribution >= 4 is 15.7 Å². The zero-order chi connectivity index (χ0) is 19.3. The standard InChI is InChI=1S/C20H22N2O4S/c1-15(2)27(23,24)22-17-8-10-19(11-9-17)25-13-12-18-14-26-20(21-18)16-6-4-3-5-7-16/h3-11,14-15,22H,12-13H2,1-2H3. The van der Waals surface area contributed by atoms with E-state index in [1.807, 2.05) is 30.3 Å². The molecule has 0 bridgehead atoms. The number of sulfonamides is 1. The molecule has 0 aliphatic rings. The van der Waals surface area contributed by atoms with Gasteiger partial charge in [0, 0.05) is 17.7 Å². The zero-order valence-electron chi connectivity index (χ0n) is 15.3. The van der Waals surface area contributed by atoms with Gasteiger partial charge in [0.1, 0.15) is 12.0 Å². The second-order valence-corrected chi connectivity index (χ2v) is 8.57. The summed E-state index contributed by atoms with van der Waals surface area (Å²) in [5, 5.41) is -0.489. The van der Waals surface area contributed by atoms with Crippen molar-refractivity contribution in [2.24, 2.45) is 0 Å². The molecule has 6 nitrogen and oxygen atoms in total. The molecular weight excluding hydrogens is 364 g/mol. The van der Waals surface area contributed by atoms with E-state index in [-0.39, 0.29) is 0 Å². The van der Waals surface area contributed by atoms with Crippen LogP contribution in [0, 0.1) is 0 Å². The number of aromatic nitrogens is 1. The van der Waals surface area contributed by atoms with E-state index in [0.29, 0.717) is 30.4 Å². The first-order chi connectivity index (χ1) is 12.9. The van der Waals surface area contributed by atoms with Gasteiger partial charge in [0.25, 0.3) is 0 Å². The van der Waals surface area contributed by atoms with Gasteiger partial charge in [-0.2, -0.15) is 0 Å². The summed E-state index contributed by atoms with van der Waals surface area (Å²) in [5.74, 6) is 1.25. The predicted molar refractivity (Wildman–Crippen MR) is 105 cm³/mol. The van der Waals surface area contributed by atoms with Crippen LogP contribution in [-0.2, 0) is 16.4 Å².